The molecule has 4 heteroatoms. The molecule has 2 rings (SSSR count). The number of hydrogen-bond donors (Lipinski definition) is 1. The number of rotatable bonds is 0. The monoisotopic (exact) mass is 166 g/mol. The van der Waals surface area contributed by atoms with Gasteiger partial charge in [0.1, 0.15) is 11.3 Å². The summed E-state index contributed by atoms with van der Waals surface area (Å²) in [5, 5.41) is 0. The van der Waals surface area contributed by atoms with Crippen molar-refractivity contribution in [3.05, 3.63) is 23.5 Å². The van der Waals surface area contributed by atoms with E-state index in [1.165, 1.54) is 6.07 Å². The SMILES string of the molecule is Cc1cc2oc(N)nc2cc1F. The average molecular weight is 166 g/mol. The third-order valence-corrected chi connectivity index (χ3v) is 1.69. The van der Waals surface area contributed by atoms with E-state index >= 15 is 0 Å². The lowest BCUT2D eigenvalue weighted by Gasteiger charge is -1.92. The summed E-state index contributed by atoms with van der Waals surface area (Å²) in [6.45, 7) is 1.66. The maximum atomic E-state index is 12.9. The Labute approximate surface area is 68.0 Å². The van der Waals surface area contributed by atoms with E-state index in [1.807, 2.05) is 0 Å². The quantitative estimate of drug-likeness (QED) is 0.649. The zero-order valence-corrected chi connectivity index (χ0v) is 6.47. The van der Waals surface area contributed by atoms with E-state index < -0.39 is 0 Å². The number of fused-ring (bicyclic) bond motifs is 1. The van der Waals surface area contributed by atoms with Crippen molar-refractivity contribution < 1.29 is 8.81 Å². The molecule has 0 aliphatic carbocycles. The van der Waals surface area contributed by atoms with Crippen molar-refractivity contribution in [1.82, 2.24) is 4.98 Å². The number of aryl methyl sites for hydroxylation is 1. The van der Waals surface area contributed by atoms with Gasteiger partial charge in [0.15, 0.2) is 5.58 Å². The second-order valence-electron chi connectivity index (χ2n) is 2.62. The predicted octanol–water partition coefficient (Wildman–Crippen LogP) is 1.86. The summed E-state index contributed by atoms with van der Waals surface area (Å²) in [6, 6.07) is 2.95. The molecule has 0 aliphatic heterocycles. The zero-order valence-electron chi connectivity index (χ0n) is 6.47. The maximum Gasteiger partial charge on any atom is 0.292 e. The number of hydrogen-bond acceptors (Lipinski definition) is 3. The molecule has 0 unspecified atom stereocenters. The molecule has 0 saturated heterocycles. The summed E-state index contributed by atoms with van der Waals surface area (Å²) in [5.74, 6) is -0.296. The van der Waals surface area contributed by atoms with Crippen LogP contribution in [0.1, 0.15) is 5.56 Å². The molecule has 0 radical (unpaired) electrons. The van der Waals surface area contributed by atoms with Gasteiger partial charge in [0.05, 0.1) is 0 Å². The number of nitrogen functional groups attached to an aromatic ring is 1. The first-order chi connectivity index (χ1) is 5.66. The molecule has 0 fully saturated rings. The summed E-state index contributed by atoms with van der Waals surface area (Å²) < 4.78 is 17.9. The molecule has 0 aliphatic rings. The first kappa shape index (κ1) is 7.09. The standard InChI is InChI=1S/C8H7FN2O/c1-4-2-7-6(3-5(4)9)11-8(10)12-7/h2-3H,1H3,(H2,10,11). The molecular weight excluding hydrogens is 159 g/mol. The number of aromatic nitrogens is 1. The molecule has 3 nitrogen and oxygen atoms in total. The minimum absolute atomic E-state index is 0.0648. The van der Waals surface area contributed by atoms with Gasteiger partial charge in [0.2, 0.25) is 0 Å². The number of anilines is 1. The number of nitrogens with zero attached hydrogens (tertiary/aromatic N) is 1. The van der Waals surface area contributed by atoms with Gasteiger partial charge in [-0.15, -0.1) is 0 Å². The topological polar surface area (TPSA) is 52.0 Å². The molecule has 1 aromatic carbocycles. The van der Waals surface area contributed by atoms with Gasteiger partial charge in [0, 0.05) is 6.07 Å². The van der Waals surface area contributed by atoms with Crippen molar-refractivity contribution >= 4 is 17.1 Å². The molecule has 0 bridgehead atoms. The van der Waals surface area contributed by atoms with Crippen LogP contribution in [0.25, 0.3) is 11.1 Å². The highest BCUT2D eigenvalue weighted by Crippen LogP contribution is 2.20. The number of halogens is 1. The highest BCUT2D eigenvalue weighted by molar-refractivity contribution is 5.75. The third kappa shape index (κ3) is 0.922. The van der Waals surface area contributed by atoms with Crippen molar-refractivity contribution in [2.24, 2.45) is 0 Å². The molecule has 1 heterocycles. The maximum absolute atomic E-state index is 12.9. The summed E-state index contributed by atoms with van der Waals surface area (Å²) >= 11 is 0. The van der Waals surface area contributed by atoms with Crippen LogP contribution in [0.2, 0.25) is 0 Å². The van der Waals surface area contributed by atoms with Crippen molar-refractivity contribution in [3.8, 4) is 0 Å². The lowest BCUT2D eigenvalue weighted by molar-refractivity contribution is 0.612. The lowest BCUT2D eigenvalue weighted by atomic mass is 10.2. The van der Waals surface area contributed by atoms with Crippen LogP contribution in [-0.2, 0) is 0 Å². The van der Waals surface area contributed by atoms with Gasteiger partial charge in [-0.2, -0.15) is 4.98 Å². The van der Waals surface area contributed by atoms with Gasteiger partial charge >= 0.3 is 0 Å². The van der Waals surface area contributed by atoms with Crippen LogP contribution in [0.4, 0.5) is 10.4 Å². The van der Waals surface area contributed by atoms with E-state index in [2.05, 4.69) is 4.98 Å². The van der Waals surface area contributed by atoms with Crippen LogP contribution >= 0.6 is 0 Å². The number of benzene rings is 1. The van der Waals surface area contributed by atoms with E-state index in [9.17, 15) is 4.39 Å². The Morgan fingerprint density at radius 1 is 1.50 bits per heavy atom. The predicted molar refractivity (Wildman–Crippen MR) is 43.1 cm³/mol. The highest BCUT2D eigenvalue weighted by atomic mass is 19.1. The zero-order chi connectivity index (χ0) is 8.72. The Balaban J connectivity index is 2.83. The molecule has 0 amide bonds. The van der Waals surface area contributed by atoms with E-state index in [0.717, 1.165) is 0 Å². The van der Waals surface area contributed by atoms with Crippen LogP contribution in [0.5, 0.6) is 0 Å². The molecule has 0 atom stereocenters. The van der Waals surface area contributed by atoms with Crippen LogP contribution in [-0.4, -0.2) is 4.98 Å². The van der Waals surface area contributed by atoms with Crippen LogP contribution in [0, 0.1) is 12.7 Å². The van der Waals surface area contributed by atoms with E-state index in [1.54, 1.807) is 13.0 Å². The average Bonchev–Trinajstić information content (AvgIpc) is 2.30. The van der Waals surface area contributed by atoms with Gasteiger partial charge in [-0.3, -0.25) is 0 Å². The summed E-state index contributed by atoms with van der Waals surface area (Å²) in [5.41, 5.74) is 6.79. The van der Waals surface area contributed by atoms with E-state index in [0.29, 0.717) is 16.7 Å². The molecule has 62 valence electrons. The van der Waals surface area contributed by atoms with Crippen molar-refractivity contribution in [2.75, 3.05) is 5.73 Å². The lowest BCUT2D eigenvalue weighted by Crippen LogP contribution is -1.82. The molecule has 0 spiro atoms. The fraction of sp³-hybridized carbons (Fsp3) is 0.125. The first-order valence-electron chi connectivity index (χ1n) is 3.49. The summed E-state index contributed by atoms with van der Waals surface area (Å²) in [7, 11) is 0. The van der Waals surface area contributed by atoms with Crippen LogP contribution in [0.15, 0.2) is 16.5 Å². The Morgan fingerprint density at radius 2 is 2.25 bits per heavy atom. The minimum Gasteiger partial charge on any atom is -0.424 e. The second-order valence-corrected chi connectivity index (χ2v) is 2.62. The van der Waals surface area contributed by atoms with Crippen molar-refractivity contribution in [2.45, 2.75) is 6.92 Å². The number of nitrogens with two attached hydrogens (primary N) is 1. The Hall–Kier alpha value is -1.58. The summed E-state index contributed by atoms with van der Waals surface area (Å²) in [4.78, 5) is 3.79. The van der Waals surface area contributed by atoms with Gasteiger partial charge in [0.25, 0.3) is 6.01 Å². The normalized spacial score (nSPS) is 10.8. The van der Waals surface area contributed by atoms with Crippen LogP contribution in [0.3, 0.4) is 0 Å². The number of oxazole rings is 1. The highest BCUT2D eigenvalue weighted by Gasteiger charge is 2.05. The molecular formula is C8H7FN2O. The summed E-state index contributed by atoms with van der Waals surface area (Å²) in [6.07, 6.45) is 0. The third-order valence-electron chi connectivity index (χ3n) is 1.69. The second kappa shape index (κ2) is 2.20. The van der Waals surface area contributed by atoms with E-state index in [-0.39, 0.29) is 11.8 Å². The fourth-order valence-electron chi connectivity index (χ4n) is 1.07. The molecule has 0 saturated carbocycles. The molecule has 2 aromatic rings. The van der Waals surface area contributed by atoms with Crippen molar-refractivity contribution in [3.63, 3.8) is 0 Å². The van der Waals surface area contributed by atoms with Crippen LogP contribution < -0.4 is 5.73 Å². The smallest absolute Gasteiger partial charge is 0.292 e. The van der Waals surface area contributed by atoms with Gasteiger partial charge < -0.3 is 10.2 Å². The largest absolute Gasteiger partial charge is 0.424 e. The molecule has 2 N–H and O–H groups in total. The molecule has 1 aromatic heterocycles. The van der Waals surface area contributed by atoms with E-state index in [4.69, 9.17) is 10.2 Å². The molecule has 12 heavy (non-hydrogen) atoms. The van der Waals surface area contributed by atoms with Gasteiger partial charge in [-0.25, -0.2) is 4.39 Å². The Kier molecular flexibility index (Phi) is 1.30. The van der Waals surface area contributed by atoms with Gasteiger partial charge in [-0.05, 0) is 18.6 Å². The van der Waals surface area contributed by atoms with Crippen molar-refractivity contribution in [1.29, 1.82) is 0 Å². The fourth-order valence-corrected chi connectivity index (χ4v) is 1.07. The Bertz CT molecular complexity index is 397. The first-order valence-corrected chi connectivity index (χ1v) is 3.49. The minimum atomic E-state index is -0.296. The van der Waals surface area contributed by atoms with Gasteiger partial charge in [-0.1, -0.05) is 0 Å². The Morgan fingerprint density at radius 3 is 3.00 bits per heavy atom.